The van der Waals surface area contributed by atoms with E-state index in [0.29, 0.717) is 13.2 Å². The summed E-state index contributed by atoms with van der Waals surface area (Å²) in [5.41, 5.74) is 1.27. The van der Waals surface area contributed by atoms with Crippen molar-refractivity contribution in [3.05, 3.63) is 21.4 Å². The van der Waals surface area contributed by atoms with E-state index >= 15 is 0 Å². The third-order valence-electron chi connectivity index (χ3n) is 4.13. The molecule has 112 valence electrons. The smallest absolute Gasteiger partial charge is 0.261 e. The fourth-order valence-electron chi connectivity index (χ4n) is 2.68. The Hall–Kier alpha value is -0.910. The highest BCUT2D eigenvalue weighted by Crippen LogP contribution is 2.28. The number of aryl methyl sites for hydroxylation is 2. The Kier molecular flexibility index (Phi) is 5.18. The van der Waals surface area contributed by atoms with Crippen molar-refractivity contribution in [1.82, 2.24) is 10.6 Å². The van der Waals surface area contributed by atoms with E-state index in [2.05, 4.69) is 17.6 Å². The van der Waals surface area contributed by atoms with Crippen LogP contribution >= 0.6 is 11.3 Å². The van der Waals surface area contributed by atoms with Crippen LogP contribution in [0.5, 0.6) is 0 Å². The summed E-state index contributed by atoms with van der Waals surface area (Å²) in [7, 11) is 1.73. The van der Waals surface area contributed by atoms with Crippen molar-refractivity contribution in [3.63, 3.8) is 0 Å². The maximum atomic E-state index is 12.2. The van der Waals surface area contributed by atoms with Crippen molar-refractivity contribution < 1.29 is 9.53 Å². The van der Waals surface area contributed by atoms with Crippen molar-refractivity contribution in [2.24, 2.45) is 5.41 Å². The van der Waals surface area contributed by atoms with Gasteiger partial charge in [0.05, 0.1) is 11.5 Å². The van der Waals surface area contributed by atoms with Crippen LogP contribution in [-0.4, -0.2) is 39.3 Å². The third kappa shape index (κ3) is 3.59. The van der Waals surface area contributed by atoms with Crippen LogP contribution in [0.15, 0.2) is 6.07 Å². The molecule has 0 saturated carbocycles. The molecule has 4 nitrogen and oxygen atoms in total. The van der Waals surface area contributed by atoms with Gasteiger partial charge in [0, 0.05) is 23.9 Å². The molecule has 1 aromatic rings. The SMILES string of the molecule is COCC1(CNC(=O)c2cc(C)c(C)s2)CCNCC1. The van der Waals surface area contributed by atoms with Crippen LogP contribution in [0.25, 0.3) is 0 Å². The molecule has 1 amide bonds. The summed E-state index contributed by atoms with van der Waals surface area (Å²) in [5.74, 6) is 0.0419. The average molecular weight is 296 g/mol. The number of hydrogen-bond donors (Lipinski definition) is 2. The van der Waals surface area contributed by atoms with Gasteiger partial charge in [-0.2, -0.15) is 0 Å². The Bertz CT molecular complexity index is 439. The van der Waals surface area contributed by atoms with E-state index in [1.165, 1.54) is 10.4 Å². The van der Waals surface area contributed by atoms with Crippen LogP contribution in [0.2, 0.25) is 0 Å². The highest BCUT2D eigenvalue weighted by atomic mass is 32.1. The van der Waals surface area contributed by atoms with E-state index in [0.717, 1.165) is 30.8 Å². The minimum Gasteiger partial charge on any atom is -0.384 e. The van der Waals surface area contributed by atoms with Gasteiger partial charge in [-0.25, -0.2) is 0 Å². The monoisotopic (exact) mass is 296 g/mol. The molecule has 0 atom stereocenters. The number of thiophene rings is 1. The minimum atomic E-state index is 0.0419. The first-order valence-corrected chi connectivity index (χ1v) is 7.93. The first kappa shape index (κ1) is 15.5. The van der Waals surface area contributed by atoms with Gasteiger partial charge < -0.3 is 15.4 Å². The molecule has 0 spiro atoms. The second kappa shape index (κ2) is 6.70. The molecule has 2 rings (SSSR count). The molecule has 2 N–H and O–H groups in total. The quantitative estimate of drug-likeness (QED) is 0.875. The first-order chi connectivity index (χ1) is 9.56. The van der Waals surface area contributed by atoms with Crippen LogP contribution in [0.1, 0.15) is 33.0 Å². The molecule has 20 heavy (non-hydrogen) atoms. The molecule has 1 saturated heterocycles. The lowest BCUT2D eigenvalue weighted by atomic mass is 9.79. The van der Waals surface area contributed by atoms with E-state index in [1.807, 2.05) is 13.0 Å². The molecule has 0 bridgehead atoms. The number of nitrogens with one attached hydrogen (secondary N) is 2. The summed E-state index contributed by atoms with van der Waals surface area (Å²) >= 11 is 1.57. The van der Waals surface area contributed by atoms with Crippen molar-refractivity contribution in [2.45, 2.75) is 26.7 Å². The van der Waals surface area contributed by atoms with E-state index in [-0.39, 0.29) is 11.3 Å². The van der Waals surface area contributed by atoms with Crippen LogP contribution in [0.4, 0.5) is 0 Å². The number of amides is 1. The fourth-order valence-corrected chi connectivity index (χ4v) is 3.63. The number of ether oxygens (including phenoxy) is 1. The fraction of sp³-hybridized carbons (Fsp3) is 0.667. The highest BCUT2D eigenvalue weighted by molar-refractivity contribution is 7.14. The van der Waals surface area contributed by atoms with Gasteiger partial charge in [0.1, 0.15) is 0 Å². The largest absolute Gasteiger partial charge is 0.384 e. The molecule has 1 aromatic heterocycles. The topological polar surface area (TPSA) is 50.4 Å². The van der Waals surface area contributed by atoms with Crippen molar-refractivity contribution in [1.29, 1.82) is 0 Å². The molecular formula is C15H24N2O2S. The Morgan fingerprint density at radius 3 is 2.70 bits per heavy atom. The summed E-state index contributed by atoms with van der Waals surface area (Å²) in [6.07, 6.45) is 2.09. The predicted molar refractivity (Wildman–Crippen MR) is 82.5 cm³/mol. The maximum Gasteiger partial charge on any atom is 0.261 e. The number of rotatable bonds is 5. The lowest BCUT2D eigenvalue weighted by Gasteiger charge is -2.37. The van der Waals surface area contributed by atoms with Crippen LogP contribution in [0, 0.1) is 19.3 Å². The summed E-state index contributed by atoms with van der Waals surface area (Å²) < 4.78 is 5.37. The van der Waals surface area contributed by atoms with Gasteiger partial charge in [-0.15, -0.1) is 11.3 Å². The zero-order chi connectivity index (χ0) is 14.6. The molecular weight excluding hydrogens is 272 g/mol. The van der Waals surface area contributed by atoms with E-state index in [9.17, 15) is 4.79 Å². The van der Waals surface area contributed by atoms with E-state index < -0.39 is 0 Å². The molecule has 5 heteroatoms. The maximum absolute atomic E-state index is 12.2. The number of methoxy groups -OCH3 is 1. The Balaban J connectivity index is 1.96. The van der Waals surface area contributed by atoms with E-state index in [1.54, 1.807) is 18.4 Å². The van der Waals surface area contributed by atoms with Crippen molar-refractivity contribution in [3.8, 4) is 0 Å². The second-order valence-corrected chi connectivity index (χ2v) is 6.97. The van der Waals surface area contributed by atoms with Crippen LogP contribution in [-0.2, 0) is 4.74 Å². The summed E-state index contributed by atoms with van der Waals surface area (Å²) in [6.45, 7) is 7.49. The molecule has 1 aliphatic heterocycles. The van der Waals surface area contributed by atoms with Gasteiger partial charge in [-0.05, 0) is 51.4 Å². The van der Waals surface area contributed by atoms with Gasteiger partial charge in [0.25, 0.3) is 5.91 Å². The molecule has 1 aliphatic rings. The molecule has 2 heterocycles. The predicted octanol–water partition coefficient (Wildman–Crippen LogP) is 2.11. The third-order valence-corrected chi connectivity index (χ3v) is 5.28. The van der Waals surface area contributed by atoms with Gasteiger partial charge in [0.2, 0.25) is 0 Å². The molecule has 0 radical (unpaired) electrons. The Morgan fingerprint density at radius 1 is 1.45 bits per heavy atom. The van der Waals surface area contributed by atoms with E-state index in [4.69, 9.17) is 4.74 Å². The summed E-state index contributed by atoms with van der Waals surface area (Å²) in [5, 5.41) is 6.46. The first-order valence-electron chi connectivity index (χ1n) is 7.11. The molecule has 0 aromatic carbocycles. The molecule has 1 fully saturated rings. The summed E-state index contributed by atoms with van der Waals surface area (Å²) in [4.78, 5) is 14.3. The number of carbonyl (C=O) groups is 1. The Labute approximate surface area is 124 Å². The number of piperidine rings is 1. The summed E-state index contributed by atoms with van der Waals surface area (Å²) in [6, 6.07) is 1.97. The lowest BCUT2D eigenvalue weighted by molar-refractivity contribution is 0.0512. The number of carbonyl (C=O) groups excluding carboxylic acids is 1. The van der Waals surface area contributed by atoms with Crippen LogP contribution in [0.3, 0.4) is 0 Å². The minimum absolute atomic E-state index is 0.0419. The molecule has 0 unspecified atom stereocenters. The van der Waals surface area contributed by atoms with Crippen LogP contribution < -0.4 is 10.6 Å². The zero-order valence-electron chi connectivity index (χ0n) is 12.5. The number of hydrogen-bond acceptors (Lipinski definition) is 4. The van der Waals surface area contributed by atoms with Gasteiger partial charge >= 0.3 is 0 Å². The standard InChI is InChI=1S/C15H24N2O2S/c1-11-8-13(20-12(11)2)14(18)17-9-15(10-19-3)4-6-16-7-5-15/h8,16H,4-7,9-10H2,1-3H3,(H,17,18). The normalized spacial score (nSPS) is 17.9. The van der Waals surface area contributed by atoms with Crippen molar-refractivity contribution >= 4 is 17.2 Å². The van der Waals surface area contributed by atoms with Gasteiger partial charge in [-0.3, -0.25) is 4.79 Å². The Morgan fingerprint density at radius 2 is 2.15 bits per heavy atom. The van der Waals surface area contributed by atoms with Gasteiger partial charge in [0.15, 0.2) is 0 Å². The average Bonchev–Trinajstić information content (AvgIpc) is 2.78. The lowest BCUT2D eigenvalue weighted by Crippen LogP contribution is -2.47. The highest BCUT2D eigenvalue weighted by Gasteiger charge is 2.32. The molecule has 0 aliphatic carbocycles. The van der Waals surface area contributed by atoms with Gasteiger partial charge in [-0.1, -0.05) is 0 Å². The zero-order valence-corrected chi connectivity index (χ0v) is 13.4. The second-order valence-electron chi connectivity index (χ2n) is 5.72. The van der Waals surface area contributed by atoms with Crippen molar-refractivity contribution in [2.75, 3.05) is 33.4 Å².